The van der Waals surface area contributed by atoms with E-state index in [2.05, 4.69) is 62.6 Å². The number of amides is 2. The van der Waals surface area contributed by atoms with E-state index in [1.807, 2.05) is 19.9 Å². The minimum atomic E-state index is -0.202. The Balaban J connectivity index is 1.98. The summed E-state index contributed by atoms with van der Waals surface area (Å²) in [6.45, 7) is 12.9. The van der Waals surface area contributed by atoms with Crippen LogP contribution in [0.5, 0.6) is 0 Å². The van der Waals surface area contributed by atoms with E-state index in [1.165, 1.54) is 10.5 Å². The first-order valence-corrected chi connectivity index (χ1v) is 10.0. The minimum absolute atomic E-state index is 0.118. The summed E-state index contributed by atoms with van der Waals surface area (Å²) in [5.41, 5.74) is 5.62. The zero-order valence-corrected chi connectivity index (χ0v) is 17.6. The number of nitrogens with zero attached hydrogens (tertiary/aromatic N) is 2. The molecule has 1 saturated heterocycles. The average molecular weight is 383 g/mol. The monoisotopic (exact) mass is 382 g/mol. The molecule has 0 saturated carbocycles. The van der Waals surface area contributed by atoms with Crippen LogP contribution in [0.1, 0.15) is 50.2 Å². The molecule has 0 spiro atoms. The highest BCUT2D eigenvalue weighted by Gasteiger charge is 2.33. The molecular formula is C22H26N2O2S. The van der Waals surface area contributed by atoms with Gasteiger partial charge < -0.3 is 4.57 Å². The van der Waals surface area contributed by atoms with Crippen LogP contribution in [0.25, 0.3) is 11.8 Å². The number of carbonyl (C=O) groups is 2. The summed E-state index contributed by atoms with van der Waals surface area (Å²) in [5.74, 6) is -0.202. The van der Waals surface area contributed by atoms with Gasteiger partial charge in [-0.25, -0.2) is 0 Å². The largest absolute Gasteiger partial charge is 0.318 e. The second kappa shape index (κ2) is 7.04. The first-order valence-electron chi connectivity index (χ1n) is 9.18. The van der Waals surface area contributed by atoms with Gasteiger partial charge in [-0.2, -0.15) is 0 Å². The van der Waals surface area contributed by atoms with Crippen LogP contribution in [0.15, 0.2) is 35.2 Å². The van der Waals surface area contributed by atoms with Crippen molar-refractivity contribution in [2.45, 2.75) is 47.0 Å². The van der Waals surface area contributed by atoms with Crippen molar-refractivity contribution < 1.29 is 9.59 Å². The molecule has 0 radical (unpaired) electrons. The molecule has 1 aromatic carbocycles. The van der Waals surface area contributed by atoms with Gasteiger partial charge in [0.25, 0.3) is 11.1 Å². The number of rotatable bonds is 3. The fraction of sp³-hybridized carbons (Fsp3) is 0.364. The summed E-state index contributed by atoms with van der Waals surface area (Å²) in [6.07, 6.45) is 1.84. The molecule has 0 unspecified atom stereocenters. The van der Waals surface area contributed by atoms with E-state index in [0.717, 1.165) is 34.4 Å². The molecule has 2 amide bonds. The van der Waals surface area contributed by atoms with Gasteiger partial charge in [-0.1, -0.05) is 32.9 Å². The third kappa shape index (κ3) is 3.61. The maximum atomic E-state index is 12.4. The number of benzene rings is 1. The molecule has 142 valence electrons. The number of imide groups is 1. The van der Waals surface area contributed by atoms with Gasteiger partial charge in [-0.15, -0.1) is 0 Å². The SMILES string of the molecule is CCN1C(=O)S/C(=C/c2cc(C)n(-c3ccc(C(C)(C)C)cc3)c2C)C1=O. The molecule has 5 heteroatoms. The van der Waals surface area contributed by atoms with Gasteiger partial charge in [0.2, 0.25) is 0 Å². The lowest BCUT2D eigenvalue weighted by atomic mass is 9.87. The molecule has 1 aliphatic heterocycles. The Labute approximate surface area is 165 Å². The van der Waals surface area contributed by atoms with Gasteiger partial charge in [0, 0.05) is 23.6 Å². The summed E-state index contributed by atoms with van der Waals surface area (Å²) in [4.78, 5) is 26.1. The fourth-order valence-corrected chi connectivity index (χ4v) is 4.25. The summed E-state index contributed by atoms with van der Waals surface area (Å²) < 4.78 is 2.18. The van der Waals surface area contributed by atoms with Crippen LogP contribution in [0.2, 0.25) is 0 Å². The lowest BCUT2D eigenvalue weighted by Crippen LogP contribution is -2.27. The molecule has 4 nitrogen and oxygen atoms in total. The Bertz CT molecular complexity index is 930. The van der Waals surface area contributed by atoms with Crippen LogP contribution in [0, 0.1) is 13.8 Å². The summed E-state index contributed by atoms with van der Waals surface area (Å²) >= 11 is 1.01. The van der Waals surface area contributed by atoms with Gasteiger partial charge >= 0.3 is 0 Å². The van der Waals surface area contributed by atoms with E-state index < -0.39 is 0 Å². The molecule has 1 fully saturated rings. The van der Waals surface area contributed by atoms with Crippen LogP contribution in [0.4, 0.5) is 4.79 Å². The van der Waals surface area contributed by atoms with Crippen LogP contribution in [-0.4, -0.2) is 27.2 Å². The van der Waals surface area contributed by atoms with E-state index in [4.69, 9.17) is 0 Å². The maximum absolute atomic E-state index is 12.4. The van der Waals surface area contributed by atoms with Crippen LogP contribution < -0.4 is 0 Å². The predicted molar refractivity (Wildman–Crippen MR) is 112 cm³/mol. The third-order valence-corrected chi connectivity index (χ3v) is 5.85. The normalized spacial score (nSPS) is 16.7. The highest BCUT2D eigenvalue weighted by atomic mass is 32.2. The van der Waals surface area contributed by atoms with Crippen molar-refractivity contribution in [1.29, 1.82) is 0 Å². The molecular weight excluding hydrogens is 356 g/mol. The molecule has 1 aliphatic rings. The maximum Gasteiger partial charge on any atom is 0.293 e. The Kier molecular flexibility index (Phi) is 5.08. The van der Waals surface area contributed by atoms with Crippen LogP contribution in [-0.2, 0) is 10.2 Å². The Morgan fingerprint density at radius 3 is 2.22 bits per heavy atom. The van der Waals surface area contributed by atoms with Crippen molar-refractivity contribution in [1.82, 2.24) is 9.47 Å². The number of hydrogen-bond donors (Lipinski definition) is 0. The Morgan fingerprint density at radius 1 is 1.07 bits per heavy atom. The van der Waals surface area contributed by atoms with Crippen molar-refractivity contribution in [3.63, 3.8) is 0 Å². The van der Waals surface area contributed by atoms with Crippen molar-refractivity contribution in [3.05, 3.63) is 57.8 Å². The Hall–Kier alpha value is -2.27. The number of hydrogen-bond acceptors (Lipinski definition) is 3. The molecule has 27 heavy (non-hydrogen) atoms. The zero-order valence-electron chi connectivity index (χ0n) is 16.8. The lowest BCUT2D eigenvalue weighted by Gasteiger charge is -2.20. The van der Waals surface area contributed by atoms with E-state index in [0.29, 0.717) is 11.4 Å². The van der Waals surface area contributed by atoms with Gasteiger partial charge in [0.15, 0.2) is 0 Å². The second-order valence-corrected chi connectivity index (χ2v) is 8.88. The van der Waals surface area contributed by atoms with Crippen molar-refractivity contribution in [2.24, 2.45) is 0 Å². The molecule has 2 heterocycles. The van der Waals surface area contributed by atoms with Gasteiger partial charge in [0.05, 0.1) is 4.91 Å². The smallest absolute Gasteiger partial charge is 0.293 e. The number of thioether (sulfide) groups is 1. The highest BCUT2D eigenvalue weighted by Crippen LogP contribution is 2.33. The fourth-order valence-electron chi connectivity index (χ4n) is 3.36. The van der Waals surface area contributed by atoms with Gasteiger partial charge in [0.1, 0.15) is 0 Å². The molecule has 3 rings (SSSR count). The van der Waals surface area contributed by atoms with Crippen molar-refractivity contribution in [2.75, 3.05) is 6.54 Å². The molecule has 0 N–H and O–H groups in total. The molecule has 1 aromatic heterocycles. The first-order chi connectivity index (χ1) is 12.6. The zero-order chi connectivity index (χ0) is 19.9. The van der Waals surface area contributed by atoms with Gasteiger partial charge in [-0.05, 0) is 73.4 Å². The third-order valence-electron chi connectivity index (χ3n) is 4.94. The molecule has 0 aliphatic carbocycles. The standard InChI is InChI=1S/C22H26N2O2S/c1-7-23-20(25)19(27-21(23)26)13-16-12-14(2)24(15(16)3)18-10-8-17(9-11-18)22(4,5)6/h8-13H,7H2,1-6H3/b19-13+. The predicted octanol–water partition coefficient (Wildman–Crippen LogP) is 5.45. The minimum Gasteiger partial charge on any atom is -0.318 e. The summed E-state index contributed by atoms with van der Waals surface area (Å²) in [5, 5.41) is -0.194. The van der Waals surface area contributed by atoms with Crippen LogP contribution >= 0.6 is 11.8 Å². The number of aryl methyl sites for hydroxylation is 1. The highest BCUT2D eigenvalue weighted by molar-refractivity contribution is 8.18. The van der Waals surface area contributed by atoms with E-state index in [9.17, 15) is 9.59 Å². The molecule has 0 atom stereocenters. The molecule has 2 aromatic rings. The topological polar surface area (TPSA) is 42.3 Å². The van der Waals surface area contributed by atoms with E-state index in [-0.39, 0.29) is 16.6 Å². The van der Waals surface area contributed by atoms with Gasteiger partial charge in [-0.3, -0.25) is 14.5 Å². The summed E-state index contributed by atoms with van der Waals surface area (Å²) in [7, 11) is 0. The first kappa shape index (κ1) is 19.5. The number of carbonyl (C=O) groups excluding carboxylic acids is 2. The van der Waals surface area contributed by atoms with E-state index in [1.54, 1.807) is 0 Å². The lowest BCUT2D eigenvalue weighted by molar-refractivity contribution is -0.122. The number of likely N-dealkylation sites (N-methyl/N-ethyl adjacent to an activating group) is 1. The summed E-state index contributed by atoms with van der Waals surface area (Å²) in [6, 6.07) is 10.7. The van der Waals surface area contributed by atoms with E-state index >= 15 is 0 Å². The second-order valence-electron chi connectivity index (χ2n) is 7.88. The van der Waals surface area contributed by atoms with Crippen molar-refractivity contribution >= 4 is 29.0 Å². The van der Waals surface area contributed by atoms with Crippen molar-refractivity contribution in [3.8, 4) is 5.69 Å². The quantitative estimate of drug-likeness (QED) is 0.663. The number of aromatic nitrogens is 1. The Morgan fingerprint density at radius 2 is 1.70 bits per heavy atom. The molecule has 0 bridgehead atoms. The van der Waals surface area contributed by atoms with Crippen LogP contribution in [0.3, 0.4) is 0 Å². The average Bonchev–Trinajstić information content (AvgIpc) is 3.02.